The number of fused-ring (bicyclic) bond motifs is 3. The first-order valence-electron chi connectivity index (χ1n) is 11.2. The van der Waals surface area contributed by atoms with E-state index in [4.69, 9.17) is 28.2 Å². The third-order valence-corrected chi connectivity index (χ3v) is 7.04. The maximum Gasteiger partial charge on any atom is 0.263 e. The number of carbonyl (C=O) groups excluding carboxylic acids is 2. The minimum absolute atomic E-state index is 0.241. The van der Waals surface area contributed by atoms with Crippen LogP contribution in [0.2, 0.25) is 10.0 Å². The lowest BCUT2D eigenvalue weighted by molar-refractivity contribution is 0.0632. The van der Waals surface area contributed by atoms with Gasteiger partial charge in [-0.2, -0.15) is 0 Å². The van der Waals surface area contributed by atoms with Crippen molar-refractivity contribution in [3.63, 3.8) is 0 Å². The van der Waals surface area contributed by atoms with E-state index in [9.17, 15) is 9.59 Å². The molecule has 1 fully saturated rings. The number of pyridine rings is 1. The molecule has 2 aliphatic rings. The molecular weight excluding hydrogens is 457 g/mol. The highest BCUT2D eigenvalue weighted by atomic mass is 35.5. The first kappa shape index (κ1) is 22.1. The predicted molar refractivity (Wildman–Crippen MR) is 133 cm³/mol. The van der Waals surface area contributed by atoms with Crippen LogP contribution in [0.4, 0.5) is 0 Å². The van der Waals surface area contributed by atoms with Gasteiger partial charge in [-0.3, -0.25) is 14.5 Å². The summed E-state index contributed by atoms with van der Waals surface area (Å²) in [5.74, 6) is -0.520. The van der Waals surface area contributed by atoms with Gasteiger partial charge in [-0.05, 0) is 55.8 Å². The highest BCUT2D eigenvalue weighted by Gasteiger charge is 2.39. The third kappa shape index (κ3) is 4.29. The summed E-state index contributed by atoms with van der Waals surface area (Å²) in [5.41, 5.74) is 2.80. The van der Waals surface area contributed by atoms with Crippen LogP contribution in [0.1, 0.15) is 51.2 Å². The Labute approximate surface area is 202 Å². The van der Waals surface area contributed by atoms with Crippen LogP contribution in [0, 0.1) is 0 Å². The van der Waals surface area contributed by atoms with Crippen molar-refractivity contribution in [2.75, 3.05) is 26.2 Å². The Morgan fingerprint density at radius 2 is 1.61 bits per heavy atom. The van der Waals surface area contributed by atoms with Gasteiger partial charge in [0.2, 0.25) is 0 Å². The molecule has 5 nitrogen and oxygen atoms in total. The molecule has 3 heterocycles. The molecule has 2 aliphatic heterocycles. The van der Waals surface area contributed by atoms with Crippen LogP contribution in [0.3, 0.4) is 0 Å². The zero-order chi connectivity index (χ0) is 22.9. The number of benzene rings is 2. The van der Waals surface area contributed by atoms with E-state index >= 15 is 0 Å². The van der Waals surface area contributed by atoms with Crippen LogP contribution >= 0.6 is 23.2 Å². The molecule has 0 radical (unpaired) electrons. The highest BCUT2D eigenvalue weighted by Crippen LogP contribution is 2.33. The Bertz CT molecular complexity index is 1280. The van der Waals surface area contributed by atoms with E-state index in [1.165, 1.54) is 24.2 Å². The molecule has 33 heavy (non-hydrogen) atoms. The van der Waals surface area contributed by atoms with E-state index in [1.54, 1.807) is 18.2 Å². The number of halogens is 2. The van der Waals surface area contributed by atoms with Crippen molar-refractivity contribution in [3.8, 4) is 0 Å². The Morgan fingerprint density at radius 1 is 0.848 bits per heavy atom. The number of hydrogen-bond donors (Lipinski definition) is 0. The number of imide groups is 1. The summed E-state index contributed by atoms with van der Waals surface area (Å²) in [7, 11) is 0. The Kier molecular flexibility index (Phi) is 6.19. The number of carbonyl (C=O) groups is 2. The summed E-state index contributed by atoms with van der Waals surface area (Å²) in [6, 6.07) is 12.8. The lowest BCUT2D eigenvalue weighted by Gasteiger charge is -2.27. The normalized spacial score (nSPS) is 16.8. The van der Waals surface area contributed by atoms with Gasteiger partial charge in [0.15, 0.2) is 0 Å². The van der Waals surface area contributed by atoms with Crippen molar-refractivity contribution < 1.29 is 9.59 Å². The monoisotopic (exact) mass is 479 g/mol. The van der Waals surface area contributed by atoms with E-state index in [2.05, 4.69) is 4.90 Å². The minimum atomic E-state index is -0.279. The molecule has 0 aliphatic carbocycles. The molecule has 3 aromatic rings. The van der Waals surface area contributed by atoms with Crippen molar-refractivity contribution in [1.82, 2.24) is 14.8 Å². The molecule has 1 saturated heterocycles. The summed E-state index contributed by atoms with van der Waals surface area (Å²) in [6.07, 6.45) is 7.17. The third-order valence-electron chi connectivity index (χ3n) is 6.30. The SMILES string of the molecule is O=C1c2c(/C=C/c3ccc(Cl)c(Cl)c3)nc3ccccc3c2C(=O)N1CCN1CCCCC1. The fourth-order valence-corrected chi connectivity index (χ4v) is 4.88. The second-order valence-corrected chi connectivity index (χ2v) is 9.25. The largest absolute Gasteiger partial charge is 0.302 e. The zero-order valence-corrected chi connectivity index (χ0v) is 19.6. The molecule has 0 saturated carbocycles. The van der Waals surface area contributed by atoms with E-state index in [1.807, 2.05) is 36.4 Å². The Hall–Kier alpha value is -2.73. The second kappa shape index (κ2) is 9.26. The average molecular weight is 480 g/mol. The first-order valence-corrected chi connectivity index (χ1v) is 11.9. The van der Waals surface area contributed by atoms with Crippen molar-refractivity contribution in [1.29, 1.82) is 0 Å². The van der Waals surface area contributed by atoms with Crippen LogP contribution in [0.25, 0.3) is 23.1 Å². The topological polar surface area (TPSA) is 53.5 Å². The number of aromatic nitrogens is 1. The molecule has 0 spiro atoms. The minimum Gasteiger partial charge on any atom is -0.302 e. The molecule has 0 unspecified atom stereocenters. The smallest absolute Gasteiger partial charge is 0.263 e. The highest BCUT2D eigenvalue weighted by molar-refractivity contribution is 6.42. The molecule has 1 aromatic heterocycles. The molecular formula is C26H23Cl2N3O2. The predicted octanol–water partition coefficient (Wildman–Crippen LogP) is 5.79. The summed E-state index contributed by atoms with van der Waals surface area (Å²) >= 11 is 12.2. The van der Waals surface area contributed by atoms with Crippen LogP contribution in [0.15, 0.2) is 42.5 Å². The maximum atomic E-state index is 13.4. The van der Waals surface area contributed by atoms with Gasteiger partial charge in [-0.15, -0.1) is 0 Å². The van der Waals surface area contributed by atoms with E-state index < -0.39 is 0 Å². The standard InChI is InChI=1S/C26H23Cl2N3O2/c27-19-10-8-17(16-20(19)28)9-11-22-24-23(18-6-2-3-7-21(18)29-22)25(32)31(26(24)33)15-14-30-12-4-1-5-13-30/h2-3,6-11,16H,1,4-5,12-15H2/b11-9+. The Balaban J connectivity index is 1.51. The summed E-state index contributed by atoms with van der Waals surface area (Å²) in [6.45, 7) is 3.12. The molecule has 0 atom stereocenters. The van der Waals surface area contributed by atoms with E-state index in [-0.39, 0.29) is 11.8 Å². The van der Waals surface area contributed by atoms with Gasteiger partial charge in [-0.1, -0.05) is 60.0 Å². The number of piperidine rings is 1. The number of hydrogen-bond acceptors (Lipinski definition) is 4. The van der Waals surface area contributed by atoms with Crippen LogP contribution < -0.4 is 0 Å². The maximum absolute atomic E-state index is 13.4. The summed E-state index contributed by atoms with van der Waals surface area (Å²) < 4.78 is 0. The number of amides is 2. The molecule has 5 rings (SSSR count). The molecule has 168 valence electrons. The average Bonchev–Trinajstić information content (AvgIpc) is 3.09. The van der Waals surface area contributed by atoms with Crippen LogP contribution in [-0.2, 0) is 0 Å². The van der Waals surface area contributed by atoms with E-state index in [0.717, 1.165) is 18.7 Å². The van der Waals surface area contributed by atoms with Gasteiger partial charge in [0.1, 0.15) is 0 Å². The van der Waals surface area contributed by atoms with Crippen molar-refractivity contribution in [2.45, 2.75) is 19.3 Å². The van der Waals surface area contributed by atoms with Crippen molar-refractivity contribution >= 4 is 58.1 Å². The molecule has 7 heteroatoms. The van der Waals surface area contributed by atoms with Crippen LogP contribution in [0.5, 0.6) is 0 Å². The zero-order valence-electron chi connectivity index (χ0n) is 18.1. The van der Waals surface area contributed by atoms with Crippen molar-refractivity contribution in [2.24, 2.45) is 0 Å². The number of para-hydroxylation sites is 1. The first-order chi connectivity index (χ1) is 16.0. The van der Waals surface area contributed by atoms with Gasteiger partial charge >= 0.3 is 0 Å². The quantitative estimate of drug-likeness (QED) is 0.434. The molecule has 2 aromatic carbocycles. The van der Waals surface area contributed by atoms with Gasteiger partial charge in [0, 0.05) is 18.5 Å². The molecule has 0 bridgehead atoms. The van der Waals surface area contributed by atoms with Gasteiger partial charge in [0.05, 0.1) is 32.4 Å². The van der Waals surface area contributed by atoms with E-state index in [0.29, 0.717) is 50.9 Å². The summed E-state index contributed by atoms with van der Waals surface area (Å²) in [4.78, 5) is 35.3. The fourth-order valence-electron chi connectivity index (χ4n) is 4.57. The Morgan fingerprint density at radius 3 is 2.39 bits per heavy atom. The lowest BCUT2D eigenvalue weighted by Crippen LogP contribution is -2.40. The molecule has 2 amide bonds. The second-order valence-electron chi connectivity index (χ2n) is 8.44. The fraction of sp³-hybridized carbons (Fsp3) is 0.269. The van der Waals surface area contributed by atoms with Crippen LogP contribution in [-0.4, -0.2) is 52.8 Å². The van der Waals surface area contributed by atoms with Gasteiger partial charge in [-0.25, -0.2) is 4.98 Å². The van der Waals surface area contributed by atoms with Gasteiger partial charge in [0.25, 0.3) is 11.8 Å². The molecule has 0 N–H and O–H groups in total. The number of likely N-dealkylation sites (tertiary alicyclic amines) is 1. The van der Waals surface area contributed by atoms with Gasteiger partial charge < -0.3 is 4.90 Å². The number of nitrogens with zero attached hydrogens (tertiary/aromatic N) is 3. The number of rotatable bonds is 5. The summed E-state index contributed by atoms with van der Waals surface area (Å²) in [5, 5.41) is 1.63. The van der Waals surface area contributed by atoms with Crippen molar-refractivity contribution in [3.05, 3.63) is 74.9 Å². The lowest BCUT2D eigenvalue weighted by atomic mass is 10.0.